The first-order chi connectivity index (χ1) is 19.7. The molecular weight excluding hydrogens is 557 g/mol. The van der Waals surface area contributed by atoms with Crippen LogP contribution in [0.4, 0.5) is 22.7 Å². The molecule has 3 aromatic rings. The lowest BCUT2D eigenvalue weighted by Crippen LogP contribution is -2.29. The summed E-state index contributed by atoms with van der Waals surface area (Å²) in [5, 5.41) is 17.6. The molecule has 5 rings (SSSR count). The van der Waals surface area contributed by atoms with Crippen molar-refractivity contribution >= 4 is 63.3 Å². The second kappa shape index (κ2) is 12.3. The lowest BCUT2D eigenvalue weighted by molar-refractivity contribution is -0.122. The highest BCUT2D eigenvalue weighted by molar-refractivity contribution is 8.19. The number of amides is 2. The fourth-order valence-corrected chi connectivity index (χ4v) is 6.81. The van der Waals surface area contributed by atoms with E-state index in [4.69, 9.17) is 4.99 Å². The number of phenolic OH excluding ortho intramolecular Hbond substituents is 1. The van der Waals surface area contributed by atoms with Gasteiger partial charge >= 0.3 is 0 Å². The van der Waals surface area contributed by atoms with E-state index in [1.165, 1.54) is 23.5 Å². The van der Waals surface area contributed by atoms with E-state index in [2.05, 4.69) is 10.6 Å². The van der Waals surface area contributed by atoms with Crippen molar-refractivity contribution in [2.75, 3.05) is 49.8 Å². The zero-order valence-electron chi connectivity index (χ0n) is 23.3. The number of phenols is 1. The fraction of sp³-hybridized carbons (Fsp3) is 0.233. The Hall–Kier alpha value is -3.93. The third-order valence-electron chi connectivity index (χ3n) is 6.38. The van der Waals surface area contributed by atoms with Crippen molar-refractivity contribution in [2.24, 2.45) is 4.99 Å². The number of likely N-dealkylation sites (N-methyl/N-ethyl adjacent to an activating group) is 1. The highest BCUT2D eigenvalue weighted by Crippen LogP contribution is 2.51. The number of fused-ring (bicyclic) bond motifs is 1. The molecule has 41 heavy (non-hydrogen) atoms. The topological polar surface area (TPSA) is 101 Å². The summed E-state index contributed by atoms with van der Waals surface area (Å²) < 4.78 is 0. The first-order valence-electron chi connectivity index (χ1n) is 13.2. The van der Waals surface area contributed by atoms with Gasteiger partial charge in [-0.3, -0.25) is 14.5 Å². The molecule has 0 bridgehead atoms. The molecule has 0 aromatic heterocycles. The summed E-state index contributed by atoms with van der Waals surface area (Å²) >= 11 is 2.83. The van der Waals surface area contributed by atoms with Crippen LogP contribution in [-0.4, -0.2) is 66.1 Å². The lowest BCUT2D eigenvalue weighted by Gasteiger charge is -2.17. The van der Waals surface area contributed by atoms with Crippen molar-refractivity contribution in [3.63, 3.8) is 0 Å². The average molecular weight is 589 g/mol. The van der Waals surface area contributed by atoms with Crippen LogP contribution in [0.3, 0.4) is 0 Å². The van der Waals surface area contributed by atoms with E-state index in [9.17, 15) is 14.7 Å². The standard InChI is InChI=1S/C30H32N6O3S2/c1-5-31-22-13-11-20(32-26(38)18-34(2)3)15-23(22)33-30-36(17-19-9-7-6-8-10-19)28(39)27(41-30)29-35(4)24-16-21(37)12-14-25(24)40-29/h6-16,31,37H,5,17-18H2,1-4H3,(H,32,38)/b29-27-,33-30?. The second-order valence-electron chi connectivity index (χ2n) is 9.87. The largest absolute Gasteiger partial charge is 0.508 e. The van der Waals surface area contributed by atoms with Crippen LogP contribution >= 0.6 is 23.5 Å². The molecule has 1 fully saturated rings. The third kappa shape index (κ3) is 6.37. The van der Waals surface area contributed by atoms with Gasteiger partial charge in [-0.25, -0.2) is 4.99 Å². The summed E-state index contributed by atoms with van der Waals surface area (Å²) in [5.74, 6) is -0.0846. The van der Waals surface area contributed by atoms with E-state index in [0.29, 0.717) is 34.5 Å². The predicted octanol–water partition coefficient (Wildman–Crippen LogP) is 5.50. The number of carbonyl (C=O) groups is 2. The number of hydrogen-bond acceptors (Lipinski definition) is 9. The van der Waals surface area contributed by atoms with Crippen LogP contribution < -0.4 is 15.5 Å². The Morgan fingerprint density at radius 1 is 1.05 bits per heavy atom. The number of nitrogens with zero attached hydrogens (tertiary/aromatic N) is 4. The quantitative estimate of drug-likeness (QED) is 0.297. The monoisotopic (exact) mass is 588 g/mol. The molecule has 9 nitrogen and oxygen atoms in total. The molecule has 0 atom stereocenters. The third-order valence-corrected chi connectivity index (χ3v) is 8.81. The van der Waals surface area contributed by atoms with Gasteiger partial charge in [0, 0.05) is 30.2 Å². The Balaban J connectivity index is 1.55. The van der Waals surface area contributed by atoms with Gasteiger partial charge in [-0.2, -0.15) is 0 Å². The smallest absolute Gasteiger partial charge is 0.269 e. The molecule has 11 heteroatoms. The van der Waals surface area contributed by atoms with Gasteiger partial charge in [0.1, 0.15) is 10.7 Å². The number of nitrogens with one attached hydrogen (secondary N) is 2. The Bertz CT molecular complexity index is 1540. The van der Waals surface area contributed by atoms with Crippen molar-refractivity contribution in [1.82, 2.24) is 9.80 Å². The van der Waals surface area contributed by atoms with Gasteiger partial charge in [0.25, 0.3) is 5.91 Å². The maximum atomic E-state index is 14.0. The molecule has 1 saturated heterocycles. The average Bonchev–Trinajstić information content (AvgIpc) is 3.41. The van der Waals surface area contributed by atoms with Crippen LogP contribution in [0.5, 0.6) is 5.75 Å². The van der Waals surface area contributed by atoms with E-state index in [1.807, 2.05) is 87.6 Å². The van der Waals surface area contributed by atoms with Gasteiger partial charge < -0.3 is 25.5 Å². The van der Waals surface area contributed by atoms with Gasteiger partial charge in [0.2, 0.25) is 5.91 Å². The van der Waals surface area contributed by atoms with Crippen molar-refractivity contribution in [1.29, 1.82) is 0 Å². The summed E-state index contributed by atoms with van der Waals surface area (Å²) in [4.78, 5) is 38.4. The van der Waals surface area contributed by atoms with Crippen LogP contribution in [0.2, 0.25) is 0 Å². The van der Waals surface area contributed by atoms with Gasteiger partial charge in [0.15, 0.2) is 5.17 Å². The Kier molecular flexibility index (Phi) is 8.57. The number of carbonyl (C=O) groups excluding carboxylic acids is 2. The number of amidine groups is 1. The maximum Gasteiger partial charge on any atom is 0.269 e. The lowest BCUT2D eigenvalue weighted by atomic mass is 10.2. The predicted molar refractivity (Wildman–Crippen MR) is 169 cm³/mol. The Morgan fingerprint density at radius 2 is 1.83 bits per heavy atom. The minimum absolute atomic E-state index is 0.125. The first-order valence-corrected chi connectivity index (χ1v) is 14.8. The van der Waals surface area contributed by atoms with Crippen LogP contribution in [0.25, 0.3) is 0 Å². The summed E-state index contributed by atoms with van der Waals surface area (Å²) in [5.41, 5.74) is 3.88. The van der Waals surface area contributed by atoms with Gasteiger partial charge in [-0.15, -0.1) is 0 Å². The van der Waals surface area contributed by atoms with Crippen molar-refractivity contribution in [2.45, 2.75) is 18.4 Å². The van der Waals surface area contributed by atoms with Crippen LogP contribution in [-0.2, 0) is 16.1 Å². The maximum absolute atomic E-state index is 14.0. The van der Waals surface area contributed by atoms with E-state index >= 15 is 0 Å². The van der Waals surface area contributed by atoms with Gasteiger partial charge in [0.05, 0.1) is 35.2 Å². The van der Waals surface area contributed by atoms with E-state index < -0.39 is 0 Å². The minimum Gasteiger partial charge on any atom is -0.508 e. The number of benzene rings is 3. The zero-order valence-corrected chi connectivity index (χ0v) is 25.0. The second-order valence-corrected chi connectivity index (χ2v) is 11.9. The number of aliphatic imine (C=N–C) groups is 1. The van der Waals surface area contributed by atoms with Crippen molar-refractivity contribution in [3.8, 4) is 5.75 Å². The molecular formula is C30H32N6O3S2. The summed E-state index contributed by atoms with van der Waals surface area (Å²) in [6.07, 6.45) is 0. The molecule has 3 N–H and O–H groups in total. The molecule has 0 saturated carbocycles. The Labute approximate surface area is 248 Å². The van der Waals surface area contributed by atoms with Gasteiger partial charge in [-0.1, -0.05) is 42.1 Å². The highest BCUT2D eigenvalue weighted by Gasteiger charge is 2.39. The van der Waals surface area contributed by atoms with Crippen LogP contribution in [0.1, 0.15) is 12.5 Å². The minimum atomic E-state index is -0.135. The summed E-state index contributed by atoms with van der Waals surface area (Å²) in [6.45, 7) is 3.31. The van der Waals surface area contributed by atoms with Crippen LogP contribution in [0.15, 0.2) is 86.6 Å². The number of hydrogen-bond donors (Lipinski definition) is 3. The fourth-order valence-electron chi connectivity index (χ4n) is 4.49. The van der Waals surface area contributed by atoms with Crippen molar-refractivity contribution in [3.05, 3.63) is 82.2 Å². The number of thioether (sulfide) groups is 2. The van der Waals surface area contributed by atoms with Crippen molar-refractivity contribution < 1.29 is 14.7 Å². The molecule has 0 unspecified atom stereocenters. The Morgan fingerprint density at radius 3 is 2.56 bits per heavy atom. The number of anilines is 3. The molecule has 0 spiro atoms. The van der Waals surface area contributed by atoms with E-state index in [1.54, 1.807) is 21.9 Å². The normalized spacial score (nSPS) is 17.5. The summed E-state index contributed by atoms with van der Waals surface area (Å²) in [7, 11) is 5.58. The molecule has 2 aliphatic heterocycles. The first kappa shape index (κ1) is 28.6. The molecule has 0 aliphatic carbocycles. The molecule has 2 aliphatic rings. The van der Waals surface area contributed by atoms with E-state index in [-0.39, 0.29) is 24.1 Å². The highest BCUT2D eigenvalue weighted by atomic mass is 32.2. The molecule has 0 radical (unpaired) electrons. The molecule has 2 amide bonds. The zero-order chi connectivity index (χ0) is 29.1. The number of aromatic hydroxyl groups is 1. The molecule has 212 valence electrons. The molecule has 3 aromatic carbocycles. The van der Waals surface area contributed by atoms with E-state index in [0.717, 1.165) is 26.9 Å². The molecule has 2 heterocycles. The summed E-state index contributed by atoms with van der Waals surface area (Å²) in [6, 6.07) is 20.6. The van der Waals surface area contributed by atoms with Gasteiger partial charge in [-0.05, 0) is 68.7 Å². The number of rotatable bonds is 8. The van der Waals surface area contributed by atoms with Crippen LogP contribution in [0, 0.1) is 0 Å². The SMILES string of the molecule is CCNc1ccc(NC(=O)CN(C)C)cc1N=C1S/C(=C2\Sc3ccc(O)cc3N2C)C(=O)N1Cc1ccccc1.